The molecule has 2 aromatic carbocycles. The van der Waals surface area contributed by atoms with Crippen molar-refractivity contribution in [1.29, 1.82) is 0 Å². The van der Waals surface area contributed by atoms with E-state index in [0.29, 0.717) is 0 Å². The van der Waals surface area contributed by atoms with Gasteiger partial charge in [-0.15, -0.1) is 0 Å². The average molecular weight is 461 g/mol. The predicted octanol–water partition coefficient (Wildman–Crippen LogP) is 5.44. The minimum atomic E-state index is -1.81. The Balaban J connectivity index is 1.82. The number of nitrogens with one attached hydrogen (secondary N) is 2. The van der Waals surface area contributed by atoms with Gasteiger partial charge in [0.1, 0.15) is 24.0 Å². The van der Waals surface area contributed by atoms with Crippen molar-refractivity contribution in [3.8, 4) is 11.5 Å². The number of hydrogen-bond acceptors (Lipinski definition) is 5. The Hall–Kier alpha value is -1.65. The van der Waals surface area contributed by atoms with Crippen LogP contribution in [0.5, 0.6) is 11.5 Å². The first-order valence-electron chi connectivity index (χ1n) is 11.2. The van der Waals surface area contributed by atoms with Gasteiger partial charge in [-0.3, -0.25) is 10.6 Å². The minimum absolute atomic E-state index is 0.00417. The summed E-state index contributed by atoms with van der Waals surface area (Å²) in [7, 11) is 0.280. The van der Waals surface area contributed by atoms with Gasteiger partial charge in [0.15, 0.2) is 16.6 Å². The lowest BCUT2D eigenvalue weighted by Crippen LogP contribution is -2.46. The highest BCUT2D eigenvalue weighted by atomic mass is 28.4. The highest BCUT2D eigenvalue weighted by molar-refractivity contribution is 6.84. The van der Waals surface area contributed by atoms with E-state index >= 15 is 0 Å². The Morgan fingerprint density at radius 2 is 1.00 bits per heavy atom. The maximum absolute atomic E-state index is 6.83. The third kappa shape index (κ3) is 10.0. The number of hydrogen-bond donors (Lipinski definition) is 2. The van der Waals surface area contributed by atoms with Gasteiger partial charge in [-0.2, -0.15) is 0 Å². The zero-order valence-electron chi connectivity index (χ0n) is 20.0. The van der Waals surface area contributed by atoms with Crippen molar-refractivity contribution in [2.75, 3.05) is 14.1 Å². The summed E-state index contributed by atoms with van der Waals surface area (Å²) in [5, 5.41) is 6.58. The fourth-order valence-electron chi connectivity index (χ4n) is 3.66. The van der Waals surface area contributed by atoms with E-state index in [4.69, 9.17) is 13.6 Å². The van der Waals surface area contributed by atoms with Crippen LogP contribution in [0.4, 0.5) is 0 Å². The number of benzene rings is 2. The van der Waals surface area contributed by atoms with Crippen LogP contribution in [0.3, 0.4) is 0 Å². The lowest BCUT2D eigenvalue weighted by Gasteiger charge is -2.35. The molecule has 0 aromatic heterocycles. The Kier molecular flexibility index (Phi) is 10.2. The van der Waals surface area contributed by atoms with E-state index < -0.39 is 16.6 Å². The molecule has 5 nitrogen and oxygen atoms in total. The zero-order chi connectivity index (χ0) is 22.7. The minimum Gasteiger partial charge on any atom is -0.475 e. The predicted molar refractivity (Wildman–Crippen MR) is 135 cm³/mol. The van der Waals surface area contributed by atoms with Crippen LogP contribution in [0.15, 0.2) is 60.7 Å². The van der Waals surface area contributed by atoms with Crippen molar-refractivity contribution in [2.45, 2.75) is 63.6 Å². The number of rotatable bonds is 14. The molecule has 0 saturated carbocycles. The summed E-state index contributed by atoms with van der Waals surface area (Å²) in [5.41, 5.74) is 0. The smallest absolute Gasteiger partial charge is 0.173 e. The SMILES string of the molecule is CNC(CC[Si](C)(C)O[Si](C)(C)CCC(NC)Oc1ccccc1)Oc1ccccc1. The fourth-order valence-corrected chi connectivity index (χ4v) is 12.4. The van der Waals surface area contributed by atoms with Gasteiger partial charge in [-0.25, -0.2) is 0 Å². The monoisotopic (exact) mass is 460 g/mol. The first-order valence-corrected chi connectivity index (χ1v) is 17.4. The standard InChI is InChI=1S/C24H40N2O3Si2/c1-25-23(27-21-13-9-7-10-14-21)17-19-30(3,4)29-31(5,6)20-18-24(26-2)28-22-15-11-8-12-16-22/h7-16,23-26H,17-20H2,1-6H3. The van der Waals surface area contributed by atoms with E-state index in [1.807, 2.05) is 74.8 Å². The van der Waals surface area contributed by atoms with Gasteiger partial charge in [0, 0.05) is 0 Å². The normalized spacial score (nSPS) is 14.1. The van der Waals surface area contributed by atoms with Gasteiger partial charge in [-0.1, -0.05) is 36.4 Å². The second-order valence-electron chi connectivity index (χ2n) is 9.12. The second kappa shape index (κ2) is 12.4. The van der Waals surface area contributed by atoms with Crippen molar-refractivity contribution >= 4 is 16.6 Å². The topological polar surface area (TPSA) is 51.8 Å². The number of para-hydroxylation sites is 2. The van der Waals surface area contributed by atoms with Gasteiger partial charge in [0.2, 0.25) is 0 Å². The first kappa shape index (κ1) is 25.6. The number of ether oxygens (including phenoxy) is 2. The molecule has 0 bridgehead atoms. The molecule has 0 aliphatic carbocycles. The first-order chi connectivity index (χ1) is 14.7. The van der Waals surface area contributed by atoms with Crippen molar-refractivity contribution in [3.63, 3.8) is 0 Å². The van der Waals surface area contributed by atoms with E-state index in [0.717, 1.165) is 36.4 Å². The maximum atomic E-state index is 6.83. The molecule has 0 spiro atoms. The van der Waals surface area contributed by atoms with Crippen LogP contribution in [0.25, 0.3) is 0 Å². The van der Waals surface area contributed by atoms with Crippen LogP contribution in [0, 0.1) is 0 Å². The summed E-state index contributed by atoms with van der Waals surface area (Å²) in [6.07, 6.45) is 1.86. The van der Waals surface area contributed by atoms with Crippen LogP contribution < -0.4 is 20.1 Å². The molecule has 0 fully saturated rings. The summed E-state index contributed by atoms with van der Waals surface area (Å²) in [5.74, 6) is 1.79. The molecule has 2 atom stereocenters. The van der Waals surface area contributed by atoms with E-state index in [-0.39, 0.29) is 12.5 Å². The highest BCUT2D eigenvalue weighted by Crippen LogP contribution is 2.26. The molecule has 172 valence electrons. The van der Waals surface area contributed by atoms with Crippen LogP contribution in [-0.4, -0.2) is 43.2 Å². The van der Waals surface area contributed by atoms with Gasteiger partial charge >= 0.3 is 0 Å². The fraction of sp³-hybridized carbons (Fsp3) is 0.500. The summed E-state index contributed by atoms with van der Waals surface area (Å²) < 4.78 is 19.0. The van der Waals surface area contributed by atoms with Gasteiger partial charge in [0.25, 0.3) is 0 Å². The van der Waals surface area contributed by atoms with Crippen LogP contribution in [-0.2, 0) is 4.12 Å². The van der Waals surface area contributed by atoms with Crippen LogP contribution in [0.1, 0.15) is 12.8 Å². The van der Waals surface area contributed by atoms with Crippen LogP contribution in [0.2, 0.25) is 38.3 Å². The van der Waals surface area contributed by atoms with Gasteiger partial charge in [-0.05, 0) is 89.5 Å². The molecular weight excluding hydrogens is 420 g/mol. The molecule has 31 heavy (non-hydrogen) atoms. The molecular formula is C24H40N2O3Si2. The molecule has 7 heteroatoms. The molecule has 0 amide bonds. The molecule has 0 heterocycles. The van der Waals surface area contributed by atoms with E-state index in [9.17, 15) is 0 Å². The molecule has 0 aliphatic rings. The summed E-state index contributed by atoms with van der Waals surface area (Å²) >= 11 is 0. The molecule has 0 aliphatic heterocycles. The Morgan fingerprint density at radius 1 is 0.645 bits per heavy atom. The zero-order valence-corrected chi connectivity index (χ0v) is 22.0. The largest absolute Gasteiger partial charge is 0.475 e. The third-order valence-electron chi connectivity index (χ3n) is 5.26. The Morgan fingerprint density at radius 3 is 1.32 bits per heavy atom. The summed E-state index contributed by atoms with van der Waals surface area (Å²) in [6.45, 7) is 9.31. The van der Waals surface area contributed by atoms with Crippen molar-refractivity contribution in [2.24, 2.45) is 0 Å². The molecule has 2 N–H and O–H groups in total. The van der Waals surface area contributed by atoms with E-state index in [1.54, 1.807) is 0 Å². The van der Waals surface area contributed by atoms with Crippen molar-refractivity contribution < 1.29 is 13.6 Å². The van der Waals surface area contributed by atoms with Gasteiger partial charge < -0.3 is 13.6 Å². The lowest BCUT2D eigenvalue weighted by atomic mass is 10.3. The quantitative estimate of drug-likeness (QED) is 0.290. The lowest BCUT2D eigenvalue weighted by molar-refractivity contribution is 0.167. The van der Waals surface area contributed by atoms with Crippen LogP contribution >= 0.6 is 0 Å². The van der Waals surface area contributed by atoms with E-state index in [1.165, 1.54) is 0 Å². The maximum Gasteiger partial charge on any atom is 0.173 e. The highest BCUT2D eigenvalue weighted by Gasteiger charge is 2.34. The molecule has 2 rings (SSSR count). The van der Waals surface area contributed by atoms with E-state index in [2.05, 4.69) is 36.8 Å². The second-order valence-corrected chi connectivity index (χ2v) is 18.0. The molecule has 0 radical (unpaired) electrons. The third-order valence-corrected chi connectivity index (χ3v) is 12.7. The Bertz CT molecular complexity index is 682. The van der Waals surface area contributed by atoms with Crippen molar-refractivity contribution in [1.82, 2.24) is 10.6 Å². The average Bonchev–Trinajstić information content (AvgIpc) is 2.74. The summed E-state index contributed by atoms with van der Waals surface area (Å²) in [4.78, 5) is 0. The molecule has 2 aromatic rings. The van der Waals surface area contributed by atoms with Gasteiger partial charge in [0.05, 0.1) is 0 Å². The molecule has 0 saturated heterocycles. The molecule has 2 unspecified atom stereocenters. The summed E-state index contributed by atoms with van der Waals surface area (Å²) in [6, 6.07) is 22.1. The Labute approximate surface area is 190 Å². The van der Waals surface area contributed by atoms with Crippen molar-refractivity contribution in [3.05, 3.63) is 60.7 Å².